The summed E-state index contributed by atoms with van der Waals surface area (Å²) in [4.78, 5) is 29.9. The van der Waals surface area contributed by atoms with Crippen LogP contribution in [0.5, 0.6) is 5.75 Å². The van der Waals surface area contributed by atoms with Crippen LogP contribution in [-0.4, -0.2) is 22.4 Å². The highest BCUT2D eigenvalue weighted by Crippen LogP contribution is 2.36. The Labute approximate surface area is 164 Å². The summed E-state index contributed by atoms with van der Waals surface area (Å²) in [5.74, 6) is -0.774. The summed E-state index contributed by atoms with van der Waals surface area (Å²) >= 11 is 7.29. The van der Waals surface area contributed by atoms with E-state index in [9.17, 15) is 9.59 Å². The number of halogens is 1. The molecular weight excluding hydrogens is 386 g/mol. The summed E-state index contributed by atoms with van der Waals surface area (Å²) in [6.45, 7) is 5.41. The van der Waals surface area contributed by atoms with Crippen LogP contribution in [0.4, 0.5) is 10.8 Å². The topological polar surface area (TPSA) is 80.3 Å². The molecule has 0 radical (unpaired) electrons. The van der Waals surface area contributed by atoms with E-state index in [0.717, 1.165) is 21.3 Å². The number of ether oxygens (including phenoxy) is 1. The summed E-state index contributed by atoms with van der Waals surface area (Å²) in [5, 5.41) is 6.28. The van der Waals surface area contributed by atoms with E-state index in [0.29, 0.717) is 21.6 Å². The molecule has 2 N–H and O–H groups in total. The van der Waals surface area contributed by atoms with Gasteiger partial charge in [0.25, 0.3) is 17.4 Å². The monoisotopic (exact) mass is 401 g/mol. The van der Waals surface area contributed by atoms with E-state index in [4.69, 9.17) is 16.3 Å². The van der Waals surface area contributed by atoms with Crippen LogP contribution in [0.1, 0.15) is 18.1 Å². The minimum Gasteiger partial charge on any atom is -0.466 e. The van der Waals surface area contributed by atoms with Crippen molar-refractivity contribution in [2.24, 2.45) is 0 Å². The zero-order chi connectivity index (χ0) is 19.3. The van der Waals surface area contributed by atoms with Crippen LogP contribution in [0.2, 0.25) is 5.02 Å². The third kappa shape index (κ3) is 3.02. The Morgan fingerprint density at radius 2 is 2.07 bits per heavy atom. The van der Waals surface area contributed by atoms with Gasteiger partial charge in [0.2, 0.25) is 0 Å². The van der Waals surface area contributed by atoms with E-state index in [1.165, 1.54) is 18.3 Å². The van der Waals surface area contributed by atoms with Crippen LogP contribution in [0.3, 0.4) is 0 Å². The van der Waals surface area contributed by atoms with Crippen molar-refractivity contribution in [1.82, 2.24) is 4.98 Å². The molecule has 4 rings (SSSR count). The number of fused-ring (bicyclic) bond motifs is 2. The van der Waals surface area contributed by atoms with Crippen molar-refractivity contribution < 1.29 is 14.3 Å². The van der Waals surface area contributed by atoms with Gasteiger partial charge < -0.3 is 10.1 Å². The summed E-state index contributed by atoms with van der Waals surface area (Å²) < 4.78 is 6.71. The number of aryl methyl sites for hydroxylation is 2. The quantitative estimate of drug-likeness (QED) is 0.627. The largest absolute Gasteiger partial charge is 0.466 e. The lowest BCUT2D eigenvalue weighted by molar-refractivity contribution is -0.143. The molecule has 6 nitrogen and oxygen atoms in total. The number of hydrogen-bond acceptors (Lipinski definition) is 5. The molecule has 0 saturated carbocycles. The average molecular weight is 402 g/mol. The second-order valence-electron chi connectivity index (χ2n) is 6.63. The lowest BCUT2D eigenvalue weighted by Gasteiger charge is -2.33. The first-order valence-electron chi connectivity index (χ1n) is 8.25. The van der Waals surface area contributed by atoms with Crippen molar-refractivity contribution in [3.63, 3.8) is 0 Å². The van der Waals surface area contributed by atoms with E-state index < -0.39 is 17.4 Å². The molecule has 0 fully saturated rings. The predicted octanol–water partition coefficient (Wildman–Crippen LogP) is 4.29. The third-order valence-corrected chi connectivity index (χ3v) is 5.57. The molecule has 1 aromatic heterocycles. The Bertz CT molecular complexity index is 1110. The van der Waals surface area contributed by atoms with Crippen LogP contribution in [0, 0.1) is 13.8 Å². The van der Waals surface area contributed by atoms with Crippen molar-refractivity contribution in [2.75, 3.05) is 10.6 Å². The van der Waals surface area contributed by atoms with Gasteiger partial charge in [-0.25, -0.2) is 4.98 Å². The van der Waals surface area contributed by atoms with Crippen LogP contribution in [-0.2, 0) is 9.59 Å². The van der Waals surface area contributed by atoms with Gasteiger partial charge in [-0.1, -0.05) is 29.0 Å². The number of carbonyl (C=O) groups excluding carboxylic acids is 2. The summed E-state index contributed by atoms with van der Waals surface area (Å²) in [5.41, 5.74) is 1.71. The number of amides is 2. The molecule has 138 valence electrons. The average Bonchev–Trinajstić information content (AvgIpc) is 2.99. The second kappa shape index (κ2) is 6.21. The Morgan fingerprint density at radius 1 is 1.30 bits per heavy atom. The van der Waals surface area contributed by atoms with Gasteiger partial charge in [0, 0.05) is 5.02 Å². The fraction of sp³-hybridized carbons (Fsp3) is 0.211. The number of carbonyl (C=O) groups is 2. The van der Waals surface area contributed by atoms with Crippen molar-refractivity contribution in [3.8, 4) is 5.75 Å². The van der Waals surface area contributed by atoms with Crippen LogP contribution in [0.15, 0.2) is 30.3 Å². The first-order valence-corrected chi connectivity index (χ1v) is 9.45. The maximum Gasteiger partial charge on any atom is 0.280 e. The molecule has 1 aliphatic heterocycles. The highest BCUT2D eigenvalue weighted by Gasteiger charge is 2.47. The number of aromatic nitrogens is 1. The van der Waals surface area contributed by atoms with Gasteiger partial charge in [-0.2, -0.15) is 0 Å². The van der Waals surface area contributed by atoms with Gasteiger partial charge in [0.15, 0.2) is 5.13 Å². The number of nitrogens with one attached hydrogen (secondary N) is 2. The minimum absolute atomic E-state index is 0.382. The number of benzene rings is 2. The molecule has 1 atom stereocenters. The lowest BCUT2D eigenvalue weighted by atomic mass is 10.0. The Balaban J connectivity index is 1.63. The maximum absolute atomic E-state index is 12.8. The maximum atomic E-state index is 12.8. The van der Waals surface area contributed by atoms with Gasteiger partial charge in [-0.3, -0.25) is 14.9 Å². The van der Waals surface area contributed by atoms with Crippen LogP contribution in [0.25, 0.3) is 10.2 Å². The highest BCUT2D eigenvalue weighted by molar-refractivity contribution is 7.22. The molecule has 2 aromatic carbocycles. The summed E-state index contributed by atoms with van der Waals surface area (Å²) in [6, 6.07) is 8.88. The second-order valence-corrected chi connectivity index (χ2v) is 8.10. The molecular formula is C19H16ClN3O3S. The Hall–Kier alpha value is -2.64. The van der Waals surface area contributed by atoms with Gasteiger partial charge in [0.1, 0.15) is 5.75 Å². The molecule has 3 aromatic rings. The van der Waals surface area contributed by atoms with Crippen LogP contribution < -0.4 is 15.4 Å². The molecule has 0 aliphatic carbocycles. The number of rotatable bonds is 2. The molecule has 1 aliphatic rings. The van der Waals surface area contributed by atoms with E-state index >= 15 is 0 Å². The van der Waals surface area contributed by atoms with E-state index in [1.54, 1.807) is 18.2 Å². The molecule has 0 saturated heterocycles. The van der Waals surface area contributed by atoms with Crippen molar-refractivity contribution in [3.05, 3.63) is 46.5 Å². The molecule has 27 heavy (non-hydrogen) atoms. The molecule has 2 heterocycles. The summed E-state index contributed by atoms with van der Waals surface area (Å²) in [6.07, 6.45) is 0. The third-order valence-electron chi connectivity index (χ3n) is 4.42. The van der Waals surface area contributed by atoms with Crippen molar-refractivity contribution in [1.29, 1.82) is 0 Å². The number of thiazole rings is 1. The fourth-order valence-corrected chi connectivity index (χ4v) is 4.20. The summed E-state index contributed by atoms with van der Waals surface area (Å²) in [7, 11) is 0. The first-order chi connectivity index (χ1) is 12.8. The fourth-order valence-electron chi connectivity index (χ4n) is 2.99. The molecule has 8 heteroatoms. The molecule has 0 spiro atoms. The SMILES string of the molecule is Cc1cc(C)c2nc(NC(=O)C3(C)Oc4ccc(Cl)cc4NC3=O)sc2c1. The van der Waals surface area contributed by atoms with E-state index in [2.05, 4.69) is 15.6 Å². The van der Waals surface area contributed by atoms with Crippen LogP contribution >= 0.6 is 22.9 Å². The normalized spacial score (nSPS) is 18.6. The zero-order valence-electron chi connectivity index (χ0n) is 14.8. The highest BCUT2D eigenvalue weighted by atomic mass is 35.5. The number of hydrogen-bond donors (Lipinski definition) is 2. The smallest absolute Gasteiger partial charge is 0.280 e. The van der Waals surface area contributed by atoms with Gasteiger partial charge >= 0.3 is 0 Å². The molecule has 0 bridgehead atoms. The Morgan fingerprint density at radius 3 is 2.85 bits per heavy atom. The number of nitrogens with zero attached hydrogens (tertiary/aromatic N) is 1. The number of anilines is 2. The Kier molecular flexibility index (Phi) is 4.09. The molecule has 1 unspecified atom stereocenters. The van der Waals surface area contributed by atoms with Gasteiger partial charge in [-0.15, -0.1) is 0 Å². The zero-order valence-corrected chi connectivity index (χ0v) is 16.4. The predicted molar refractivity (Wildman–Crippen MR) is 107 cm³/mol. The van der Waals surface area contributed by atoms with Crippen molar-refractivity contribution in [2.45, 2.75) is 26.4 Å². The lowest BCUT2D eigenvalue weighted by Crippen LogP contribution is -2.56. The van der Waals surface area contributed by atoms with Gasteiger partial charge in [-0.05, 0) is 56.2 Å². The van der Waals surface area contributed by atoms with E-state index in [-0.39, 0.29) is 0 Å². The standard InChI is InChI=1S/C19H16ClN3O3S/c1-9-6-10(2)15-14(7-9)27-18(22-15)23-17(25)19(3)16(24)21-12-8-11(20)4-5-13(12)26-19/h4-8H,1-3H3,(H,21,24)(H,22,23,25). The molecule has 2 amide bonds. The van der Waals surface area contributed by atoms with Crippen molar-refractivity contribution >= 4 is 55.8 Å². The first kappa shape index (κ1) is 17.8. The van der Waals surface area contributed by atoms with Gasteiger partial charge in [0.05, 0.1) is 15.9 Å². The van der Waals surface area contributed by atoms with E-state index in [1.807, 2.05) is 26.0 Å². The minimum atomic E-state index is -1.72.